The lowest BCUT2D eigenvalue weighted by atomic mass is 10.0. The summed E-state index contributed by atoms with van der Waals surface area (Å²) in [5, 5.41) is 8.16. The minimum atomic E-state index is -0.587. The van der Waals surface area contributed by atoms with Crippen LogP contribution in [0.5, 0.6) is 0 Å². The molecule has 2 aromatic rings. The largest absolute Gasteiger partial charge is 0.368 e. The van der Waals surface area contributed by atoms with Crippen LogP contribution in [0.2, 0.25) is 0 Å². The zero-order valence-corrected chi connectivity index (χ0v) is 11.7. The van der Waals surface area contributed by atoms with E-state index in [0.29, 0.717) is 25.2 Å². The summed E-state index contributed by atoms with van der Waals surface area (Å²) in [6, 6.07) is 5.27. The number of benzene rings is 1. The van der Waals surface area contributed by atoms with Gasteiger partial charge in [-0.1, -0.05) is 12.1 Å². The van der Waals surface area contributed by atoms with Crippen LogP contribution in [0.25, 0.3) is 0 Å². The Balaban J connectivity index is 1.89. The Morgan fingerprint density at radius 1 is 1.29 bits per heavy atom. The Hall–Kier alpha value is -2.28. The Kier molecular flexibility index (Phi) is 3.42. The van der Waals surface area contributed by atoms with Crippen LogP contribution in [-0.4, -0.2) is 32.1 Å². The molecule has 3 rings (SSSR count). The summed E-state index contributed by atoms with van der Waals surface area (Å²) in [6.07, 6.45) is 0. The monoisotopic (exact) mass is 289 g/mol. The molecule has 1 aliphatic heterocycles. The Labute approximate surface area is 121 Å². The first-order valence-corrected chi connectivity index (χ1v) is 6.74. The fourth-order valence-corrected chi connectivity index (χ4v) is 2.74. The molecule has 0 saturated heterocycles. The summed E-state index contributed by atoms with van der Waals surface area (Å²) in [5.41, 5.74) is 6.23. The highest BCUT2D eigenvalue weighted by atomic mass is 19.1. The molecule has 0 saturated carbocycles. The number of halogens is 1. The second-order valence-corrected chi connectivity index (χ2v) is 5.14. The lowest BCUT2D eigenvalue weighted by Gasteiger charge is -2.33. The third-order valence-electron chi connectivity index (χ3n) is 3.79. The van der Waals surface area contributed by atoms with Gasteiger partial charge in [0.15, 0.2) is 0 Å². The number of nitrogens with two attached hydrogens (primary N) is 1. The van der Waals surface area contributed by atoms with Crippen LogP contribution in [0, 0.1) is 12.7 Å². The van der Waals surface area contributed by atoms with E-state index in [2.05, 4.69) is 10.2 Å². The third-order valence-corrected chi connectivity index (χ3v) is 3.79. The number of rotatable bonds is 3. The Bertz CT molecular complexity index is 667. The number of fused-ring (bicyclic) bond motifs is 1. The van der Waals surface area contributed by atoms with Gasteiger partial charge in [-0.25, -0.2) is 4.39 Å². The number of carbonyl (C=O) groups excluding carboxylic acids is 1. The molecule has 1 aromatic carbocycles. The van der Waals surface area contributed by atoms with E-state index in [0.717, 1.165) is 11.6 Å². The predicted molar refractivity (Wildman–Crippen MR) is 73.5 cm³/mol. The number of primary amides is 1. The fraction of sp³-hybridized carbons (Fsp3) is 0.357. The van der Waals surface area contributed by atoms with E-state index in [1.54, 1.807) is 12.1 Å². The van der Waals surface area contributed by atoms with Crippen molar-refractivity contribution in [3.8, 4) is 0 Å². The Morgan fingerprint density at radius 2 is 2.00 bits per heavy atom. The van der Waals surface area contributed by atoms with Crippen molar-refractivity contribution in [3.63, 3.8) is 0 Å². The lowest BCUT2D eigenvalue weighted by Crippen LogP contribution is -2.42. The van der Waals surface area contributed by atoms with Gasteiger partial charge in [-0.2, -0.15) is 0 Å². The number of amides is 1. The van der Waals surface area contributed by atoms with E-state index >= 15 is 0 Å². The molecule has 1 atom stereocenters. The maximum atomic E-state index is 13.0. The van der Waals surface area contributed by atoms with Gasteiger partial charge in [0.2, 0.25) is 5.91 Å². The highest BCUT2D eigenvalue weighted by molar-refractivity contribution is 5.81. The zero-order chi connectivity index (χ0) is 15.0. The van der Waals surface area contributed by atoms with Crippen molar-refractivity contribution in [2.24, 2.45) is 5.73 Å². The second kappa shape index (κ2) is 5.25. The molecule has 0 bridgehead atoms. The number of nitrogens with zero attached hydrogens (tertiary/aromatic N) is 4. The quantitative estimate of drug-likeness (QED) is 0.905. The molecule has 2 heterocycles. The summed E-state index contributed by atoms with van der Waals surface area (Å²) in [5.74, 6) is 0.886. The van der Waals surface area contributed by atoms with Gasteiger partial charge in [0.25, 0.3) is 0 Å². The fourth-order valence-electron chi connectivity index (χ4n) is 2.74. The van der Waals surface area contributed by atoms with Crippen molar-refractivity contribution >= 4 is 5.91 Å². The van der Waals surface area contributed by atoms with E-state index in [4.69, 9.17) is 5.73 Å². The zero-order valence-electron chi connectivity index (χ0n) is 11.7. The van der Waals surface area contributed by atoms with Gasteiger partial charge >= 0.3 is 0 Å². The normalized spacial score (nSPS) is 16.5. The molecule has 0 radical (unpaired) electrons. The summed E-state index contributed by atoms with van der Waals surface area (Å²) in [7, 11) is 0. The summed E-state index contributed by atoms with van der Waals surface area (Å²) in [6.45, 7) is 3.76. The van der Waals surface area contributed by atoms with Crippen molar-refractivity contribution in [1.82, 2.24) is 19.7 Å². The Morgan fingerprint density at radius 3 is 2.67 bits per heavy atom. The van der Waals surface area contributed by atoms with Gasteiger partial charge in [-0.15, -0.1) is 10.2 Å². The van der Waals surface area contributed by atoms with Gasteiger partial charge in [-0.3, -0.25) is 9.69 Å². The van der Waals surface area contributed by atoms with Gasteiger partial charge in [0.05, 0.1) is 6.54 Å². The van der Waals surface area contributed by atoms with Crippen LogP contribution in [-0.2, 0) is 17.9 Å². The van der Waals surface area contributed by atoms with Crippen LogP contribution in [0.15, 0.2) is 24.3 Å². The molecule has 21 heavy (non-hydrogen) atoms. The van der Waals surface area contributed by atoms with Crippen LogP contribution in [0.4, 0.5) is 4.39 Å². The maximum Gasteiger partial charge on any atom is 0.239 e. The van der Waals surface area contributed by atoms with Gasteiger partial charge in [0.1, 0.15) is 23.5 Å². The topological polar surface area (TPSA) is 77.0 Å². The average Bonchev–Trinajstić information content (AvgIpc) is 2.82. The average molecular weight is 289 g/mol. The van der Waals surface area contributed by atoms with Gasteiger partial charge in [-0.05, 0) is 24.6 Å². The smallest absolute Gasteiger partial charge is 0.239 e. The SMILES string of the molecule is Cc1nnc2n1CCN([C@H](C(N)=O)c1ccc(F)cc1)C2. The summed E-state index contributed by atoms with van der Waals surface area (Å²) in [4.78, 5) is 13.8. The highest BCUT2D eigenvalue weighted by Crippen LogP contribution is 2.25. The molecule has 1 aliphatic rings. The number of aryl methyl sites for hydroxylation is 1. The molecule has 0 unspecified atom stereocenters. The molecular formula is C14H16FN5O. The lowest BCUT2D eigenvalue weighted by molar-refractivity contribution is -0.124. The van der Waals surface area contributed by atoms with Crippen molar-refractivity contribution in [3.05, 3.63) is 47.3 Å². The molecular weight excluding hydrogens is 273 g/mol. The van der Waals surface area contributed by atoms with E-state index < -0.39 is 11.9 Å². The number of aromatic nitrogens is 3. The predicted octanol–water partition coefficient (Wildman–Crippen LogP) is 0.768. The van der Waals surface area contributed by atoms with E-state index in [9.17, 15) is 9.18 Å². The van der Waals surface area contributed by atoms with Crippen molar-refractivity contribution < 1.29 is 9.18 Å². The van der Waals surface area contributed by atoms with Crippen LogP contribution in [0.1, 0.15) is 23.3 Å². The second-order valence-electron chi connectivity index (χ2n) is 5.14. The van der Waals surface area contributed by atoms with Crippen LogP contribution >= 0.6 is 0 Å². The van der Waals surface area contributed by atoms with Gasteiger partial charge in [0, 0.05) is 13.1 Å². The van der Waals surface area contributed by atoms with E-state index in [1.165, 1.54) is 12.1 Å². The van der Waals surface area contributed by atoms with Crippen molar-refractivity contribution in [1.29, 1.82) is 0 Å². The van der Waals surface area contributed by atoms with E-state index in [-0.39, 0.29) is 5.82 Å². The first-order valence-electron chi connectivity index (χ1n) is 6.74. The van der Waals surface area contributed by atoms with Crippen LogP contribution < -0.4 is 5.73 Å². The summed E-state index contributed by atoms with van der Waals surface area (Å²) >= 11 is 0. The molecule has 1 amide bonds. The van der Waals surface area contributed by atoms with Crippen molar-refractivity contribution in [2.45, 2.75) is 26.1 Å². The first-order chi connectivity index (χ1) is 10.1. The van der Waals surface area contributed by atoms with Crippen LogP contribution in [0.3, 0.4) is 0 Å². The highest BCUT2D eigenvalue weighted by Gasteiger charge is 2.30. The molecule has 6 nitrogen and oxygen atoms in total. The van der Waals surface area contributed by atoms with E-state index in [1.807, 2.05) is 16.4 Å². The molecule has 110 valence electrons. The minimum Gasteiger partial charge on any atom is -0.368 e. The molecule has 2 N–H and O–H groups in total. The van der Waals surface area contributed by atoms with Crippen molar-refractivity contribution in [2.75, 3.05) is 6.54 Å². The standard InChI is InChI=1S/C14H16FN5O/c1-9-17-18-12-8-19(6-7-20(9)12)13(14(16)21)10-2-4-11(15)5-3-10/h2-5,13H,6-8H2,1H3,(H2,16,21)/t13-/m0/s1. The number of hydrogen-bond donors (Lipinski definition) is 1. The molecule has 0 spiro atoms. The first kappa shape index (κ1) is 13.7. The molecule has 1 aromatic heterocycles. The van der Waals surface area contributed by atoms with Gasteiger partial charge < -0.3 is 10.3 Å². The molecule has 0 aliphatic carbocycles. The molecule has 7 heteroatoms. The minimum absolute atomic E-state index is 0.337. The summed E-state index contributed by atoms with van der Waals surface area (Å²) < 4.78 is 15.1. The number of hydrogen-bond acceptors (Lipinski definition) is 4. The maximum absolute atomic E-state index is 13.0. The third kappa shape index (κ3) is 2.52. The molecule has 0 fully saturated rings. The number of carbonyl (C=O) groups is 1.